The molecule has 0 bridgehead atoms. The van der Waals surface area contributed by atoms with Crippen LogP contribution in [0, 0.1) is 34.5 Å². The van der Waals surface area contributed by atoms with E-state index < -0.39 is 0 Å². The number of ether oxygens (including phenoxy) is 1. The summed E-state index contributed by atoms with van der Waals surface area (Å²) in [5.74, 6) is 2.32. The third kappa shape index (κ3) is 8.50. The molecule has 2 unspecified atom stereocenters. The van der Waals surface area contributed by atoms with Crippen molar-refractivity contribution in [3.05, 3.63) is 28.8 Å². The van der Waals surface area contributed by atoms with Gasteiger partial charge in [-0.15, -0.1) is 0 Å². The van der Waals surface area contributed by atoms with E-state index in [4.69, 9.17) is 4.74 Å². The quantitative estimate of drug-likeness (QED) is 0.259. The second-order valence-electron chi connectivity index (χ2n) is 9.65. The fraction of sp³-hybridized carbons (Fsp3) is 0.724. The Hall–Kier alpha value is -2.00. The van der Waals surface area contributed by atoms with E-state index in [1.165, 1.54) is 70.6 Å². The second-order valence-corrected chi connectivity index (χ2v) is 9.65. The maximum atomic E-state index is 9.68. The van der Waals surface area contributed by atoms with Crippen molar-refractivity contribution in [1.82, 2.24) is 0 Å². The molecule has 0 saturated heterocycles. The van der Waals surface area contributed by atoms with Gasteiger partial charge in [0, 0.05) is 0 Å². The molecule has 176 valence electrons. The highest BCUT2D eigenvalue weighted by Crippen LogP contribution is 2.36. The van der Waals surface area contributed by atoms with E-state index in [0.717, 1.165) is 49.5 Å². The van der Waals surface area contributed by atoms with E-state index in [0.29, 0.717) is 23.5 Å². The lowest BCUT2D eigenvalue weighted by atomic mass is 9.74. The molecule has 0 heterocycles. The van der Waals surface area contributed by atoms with Gasteiger partial charge in [0.1, 0.15) is 23.5 Å². The maximum absolute atomic E-state index is 9.68. The fourth-order valence-electron chi connectivity index (χ4n) is 5.34. The van der Waals surface area contributed by atoms with Crippen molar-refractivity contribution < 1.29 is 4.74 Å². The molecule has 0 spiro atoms. The van der Waals surface area contributed by atoms with Gasteiger partial charge in [-0.05, 0) is 49.1 Å². The SMILES string of the molecule is CCCCCCCC1CCCCC1CCCOc1ccc(CCCCC)c(C#N)c1C#N. The predicted octanol–water partition coefficient (Wildman–Crippen LogP) is 8.49. The van der Waals surface area contributed by atoms with Crippen LogP contribution < -0.4 is 4.74 Å². The van der Waals surface area contributed by atoms with Gasteiger partial charge in [-0.2, -0.15) is 10.5 Å². The zero-order valence-electron chi connectivity index (χ0n) is 20.6. The molecule has 3 nitrogen and oxygen atoms in total. The van der Waals surface area contributed by atoms with Crippen LogP contribution in [0.15, 0.2) is 12.1 Å². The average Bonchev–Trinajstić information content (AvgIpc) is 2.82. The van der Waals surface area contributed by atoms with Crippen molar-refractivity contribution in [3.8, 4) is 17.9 Å². The van der Waals surface area contributed by atoms with Crippen molar-refractivity contribution in [2.75, 3.05) is 6.61 Å². The standard InChI is InChI=1S/C29H44N2O/c1-3-5-7-8-10-14-24-15-11-12-16-25(24)18-13-21-32-29-20-19-26(17-9-6-4-2)27(22-30)28(29)23-31/h19-20,24-25H,3-18,21H2,1-2H3. The highest BCUT2D eigenvalue weighted by atomic mass is 16.5. The van der Waals surface area contributed by atoms with Crippen molar-refractivity contribution in [2.45, 2.75) is 117 Å². The lowest BCUT2D eigenvalue weighted by molar-refractivity contribution is 0.190. The van der Waals surface area contributed by atoms with Crippen LogP contribution in [0.1, 0.15) is 127 Å². The van der Waals surface area contributed by atoms with Crippen LogP contribution in [0.25, 0.3) is 0 Å². The number of hydrogen-bond acceptors (Lipinski definition) is 3. The molecular formula is C29H44N2O. The number of benzene rings is 1. The minimum absolute atomic E-state index is 0.420. The predicted molar refractivity (Wildman–Crippen MR) is 133 cm³/mol. The topological polar surface area (TPSA) is 56.8 Å². The van der Waals surface area contributed by atoms with Crippen LogP contribution in [0.4, 0.5) is 0 Å². The van der Waals surface area contributed by atoms with Gasteiger partial charge in [-0.3, -0.25) is 0 Å². The van der Waals surface area contributed by atoms with Crippen LogP contribution in [-0.2, 0) is 6.42 Å². The summed E-state index contributed by atoms with van der Waals surface area (Å²) >= 11 is 0. The molecule has 2 atom stereocenters. The van der Waals surface area contributed by atoms with Crippen molar-refractivity contribution >= 4 is 0 Å². The van der Waals surface area contributed by atoms with Gasteiger partial charge < -0.3 is 4.74 Å². The summed E-state index contributed by atoms with van der Waals surface area (Å²) in [6.07, 6.45) is 20.3. The number of hydrogen-bond donors (Lipinski definition) is 0. The van der Waals surface area contributed by atoms with Crippen LogP contribution in [-0.4, -0.2) is 6.61 Å². The first kappa shape index (κ1) is 26.3. The molecule has 3 heteroatoms. The van der Waals surface area contributed by atoms with Crippen LogP contribution in [0.2, 0.25) is 0 Å². The molecule has 0 amide bonds. The lowest BCUT2D eigenvalue weighted by Crippen LogP contribution is -2.20. The third-order valence-corrected chi connectivity index (χ3v) is 7.25. The molecule has 1 saturated carbocycles. The van der Waals surface area contributed by atoms with E-state index in [9.17, 15) is 10.5 Å². The number of nitrogens with zero attached hydrogens (tertiary/aromatic N) is 2. The van der Waals surface area contributed by atoms with Crippen molar-refractivity contribution in [2.24, 2.45) is 11.8 Å². The summed E-state index contributed by atoms with van der Waals surface area (Å²) in [6, 6.07) is 8.38. The molecule has 0 N–H and O–H groups in total. The fourth-order valence-corrected chi connectivity index (χ4v) is 5.34. The minimum atomic E-state index is 0.420. The van der Waals surface area contributed by atoms with E-state index in [2.05, 4.69) is 26.0 Å². The monoisotopic (exact) mass is 436 g/mol. The number of nitriles is 2. The molecule has 1 aliphatic rings. The maximum Gasteiger partial charge on any atom is 0.138 e. The van der Waals surface area contributed by atoms with Gasteiger partial charge >= 0.3 is 0 Å². The van der Waals surface area contributed by atoms with Gasteiger partial charge in [0.25, 0.3) is 0 Å². The number of aryl methyl sites for hydroxylation is 1. The molecule has 1 aromatic rings. The Labute approximate surface area is 197 Å². The smallest absolute Gasteiger partial charge is 0.138 e. The number of rotatable bonds is 15. The zero-order valence-corrected chi connectivity index (χ0v) is 20.6. The molecule has 2 rings (SSSR count). The Balaban J connectivity index is 1.84. The summed E-state index contributed by atoms with van der Waals surface area (Å²) in [4.78, 5) is 0. The Morgan fingerprint density at radius 2 is 1.41 bits per heavy atom. The molecule has 0 aromatic heterocycles. The highest BCUT2D eigenvalue weighted by molar-refractivity contribution is 5.57. The summed E-state index contributed by atoms with van der Waals surface area (Å²) in [6.45, 7) is 5.09. The number of unbranched alkanes of at least 4 members (excludes halogenated alkanes) is 6. The lowest BCUT2D eigenvalue weighted by Gasteiger charge is -2.32. The largest absolute Gasteiger partial charge is 0.492 e. The van der Waals surface area contributed by atoms with Crippen LogP contribution in [0.3, 0.4) is 0 Å². The van der Waals surface area contributed by atoms with Crippen LogP contribution >= 0.6 is 0 Å². The van der Waals surface area contributed by atoms with E-state index >= 15 is 0 Å². The van der Waals surface area contributed by atoms with Gasteiger partial charge in [-0.1, -0.05) is 97.0 Å². The summed E-state index contributed by atoms with van der Waals surface area (Å²) in [7, 11) is 0. The Bertz CT molecular complexity index is 743. The molecule has 32 heavy (non-hydrogen) atoms. The van der Waals surface area contributed by atoms with E-state index in [-0.39, 0.29) is 0 Å². The highest BCUT2D eigenvalue weighted by Gasteiger charge is 2.24. The van der Waals surface area contributed by atoms with Gasteiger partial charge in [-0.25, -0.2) is 0 Å². The molecule has 1 aliphatic carbocycles. The Morgan fingerprint density at radius 3 is 2.06 bits per heavy atom. The van der Waals surface area contributed by atoms with Gasteiger partial charge in [0.2, 0.25) is 0 Å². The van der Waals surface area contributed by atoms with Crippen molar-refractivity contribution in [3.63, 3.8) is 0 Å². The minimum Gasteiger partial charge on any atom is -0.492 e. The first-order valence-corrected chi connectivity index (χ1v) is 13.3. The zero-order chi connectivity index (χ0) is 23.0. The van der Waals surface area contributed by atoms with Gasteiger partial charge in [0.05, 0.1) is 12.2 Å². The first-order valence-electron chi connectivity index (χ1n) is 13.3. The molecule has 1 aromatic carbocycles. The normalized spacial score (nSPS) is 18.1. The third-order valence-electron chi connectivity index (χ3n) is 7.25. The average molecular weight is 437 g/mol. The van der Waals surface area contributed by atoms with Crippen LogP contribution in [0.5, 0.6) is 5.75 Å². The second kappa shape index (κ2) is 15.7. The molecule has 0 aliphatic heterocycles. The Kier molecular flexibility index (Phi) is 12.9. The first-order chi connectivity index (χ1) is 15.7. The van der Waals surface area contributed by atoms with E-state index in [1.807, 2.05) is 12.1 Å². The van der Waals surface area contributed by atoms with Crippen molar-refractivity contribution in [1.29, 1.82) is 10.5 Å². The Morgan fingerprint density at radius 1 is 0.781 bits per heavy atom. The summed E-state index contributed by atoms with van der Waals surface area (Å²) in [5.41, 5.74) is 1.91. The molecular weight excluding hydrogens is 392 g/mol. The summed E-state index contributed by atoms with van der Waals surface area (Å²) in [5, 5.41) is 19.3. The molecule has 1 fully saturated rings. The van der Waals surface area contributed by atoms with E-state index in [1.54, 1.807) is 0 Å². The van der Waals surface area contributed by atoms with Gasteiger partial charge in [0.15, 0.2) is 0 Å². The summed E-state index contributed by atoms with van der Waals surface area (Å²) < 4.78 is 6.03. The molecule has 0 radical (unpaired) electrons.